The summed E-state index contributed by atoms with van der Waals surface area (Å²) < 4.78 is 0. The van der Waals surface area contributed by atoms with Crippen LogP contribution in [0.25, 0.3) is 44.5 Å². The van der Waals surface area contributed by atoms with Crippen LogP contribution in [0.2, 0.25) is 0 Å². The van der Waals surface area contributed by atoms with E-state index in [1.807, 2.05) is 376 Å². The lowest BCUT2D eigenvalue weighted by atomic mass is 9.68. The fourth-order valence-corrected chi connectivity index (χ4v) is 13.7. The summed E-state index contributed by atoms with van der Waals surface area (Å²) in [6.07, 6.45) is 0. The second-order valence-corrected chi connectivity index (χ2v) is 23.7. The Morgan fingerprint density at radius 3 is 0.496 bits per heavy atom. The number of ketones is 1. The highest BCUT2D eigenvalue weighted by molar-refractivity contribution is 6.21. The number of carbonyl (C=O) groups excluding carboxylic acids is 1. The van der Waals surface area contributed by atoms with Crippen molar-refractivity contribution in [3.8, 4) is 79.0 Å². The van der Waals surface area contributed by atoms with Crippen LogP contribution < -0.4 is 0 Å². The first-order valence-electron chi connectivity index (χ1n) is 45.7. The number of benzene rings is 14. The molecule has 18 rings (SSSR count). The Kier molecular flexibility index (Phi) is 59.7. The van der Waals surface area contributed by atoms with Crippen LogP contribution in [0.3, 0.4) is 0 Å². The van der Waals surface area contributed by atoms with E-state index < -0.39 is 16.6 Å². The van der Waals surface area contributed by atoms with Crippen molar-refractivity contribution >= 4 is 5.78 Å². The number of rotatable bonds is 4. The van der Waals surface area contributed by atoms with Gasteiger partial charge >= 0.3 is 2.85 Å². The highest BCUT2D eigenvalue weighted by Gasteiger charge is 2.47. The molecule has 4 aliphatic rings. The van der Waals surface area contributed by atoms with Crippen LogP contribution in [0, 0.1) is 0 Å². The molecular weight excluding hydrogens is 1540 g/mol. The van der Waals surface area contributed by atoms with Gasteiger partial charge in [0.1, 0.15) is 45.7 Å². The van der Waals surface area contributed by atoms with Gasteiger partial charge in [0.2, 0.25) is 0 Å². The summed E-state index contributed by atoms with van der Waals surface area (Å²) in [4.78, 5) is 11.9. The Labute approximate surface area is 757 Å². The quantitative estimate of drug-likeness (QED) is 0.0851. The van der Waals surface area contributed by atoms with Gasteiger partial charge in [0.25, 0.3) is 0 Å². The molecule has 0 radical (unpaired) electrons. The van der Waals surface area contributed by atoms with E-state index in [0.29, 0.717) is 11.5 Å². The lowest BCUT2D eigenvalue weighted by Gasteiger charge is -2.33. The number of aromatic hydroxyl groups is 6. The van der Waals surface area contributed by atoms with E-state index in [0.717, 1.165) is 89.0 Å². The first-order valence-corrected chi connectivity index (χ1v) is 45.7. The number of phenols is 6. The topological polar surface area (TPSA) is 179 Å². The van der Waals surface area contributed by atoms with Crippen molar-refractivity contribution in [1.82, 2.24) is 0 Å². The van der Waals surface area contributed by atoms with Crippen LogP contribution in [-0.2, 0) is 16.6 Å². The molecule has 0 atom stereocenters. The molecule has 0 unspecified atom stereocenters. The van der Waals surface area contributed by atoms with Gasteiger partial charge in [-0.1, -0.05) is 473 Å². The summed E-state index contributed by atoms with van der Waals surface area (Å²) in [5, 5.41) is 78.9. The third kappa shape index (κ3) is 28.8. The standard InChI is InChI=1S/C25H18O2.2C19H14O2.C13H8O.2C6H6O.14C2H6/c26-19-13-9-17(10-14-19)25(18-11-15-20(27)16-12-18)23-7-3-1-5-21(23)22-6-2-4-8-24(22)25;2*20-14-11-9-13(10-12-14)19(21)17-7-3-1-5-15(17)16-6-2-4-8-18(16)19;14-13-11-7-3-1-5-9(11)10-6-2-4-8-12(10)13;2*7-6-4-2-1-3-5-6;14*1-2/h1-16,26-27H;2*1-12,20-21H;1-8H;2*1-5,7H;14*1-2H3/p+2. The molecule has 9 heteroatoms. The number of carbonyl (C=O) groups is 1. The number of hydrogen-bond acceptors (Lipinski definition) is 9. The molecule has 0 bridgehead atoms. The van der Waals surface area contributed by atoms with E-state index in [2.05, 4.69) is 48.5 Å². The second-order valence-electron chi connectivity index (χ2n) is 23.7. The zero-order valence-corrected chi connectivity index (χ0v) is 80.5. The maximum Gasteiger partial charge on any atom is 1.00 e. The van der Waals surface area contributed by atoms with E-state index in [1.54, 1.807) is 121 Å². The van der Waals surface area contributed by atoms with Gasteiger partial charge in [0.05, 0.1) is 5.41 Å². The number of hydrogen-bond donors (Lipinski definition) is 8. The van der Waals surface area contributed by atoms with E-state index >= 15 is 0 Å². The third-order valence-electron chi connectivity index (χ3n) is 18.1. The molecule has 4 aliphatic carbocycles. The molecule has 0 spiro atoms. The molecule has 0 heterocycles. The Bertz CT molecular complexity index is 4700. The van der Waals surface area contributed by atoms with Gasteiger partial charge in [0, 0.05) is 33.4 Å². The summed E-state index contributed by atoms with van der Waals surface area (Å²) in [5.74, 6) is 1.68. The van der Waals surface area contributed by atoms with Gasteiger partial charge in [-0.3, -0.25) is 4.79 Å². The van der Waals surface area contributed by atoms with Crippen molar-refractivity contribution < 1.29 is 48.5 Å². The van der Waals surface area contributed by atoms with Gasteiger partial charge in [-0.25, -0.2) is 0 Å². The van der Waals surface area contributed by atoms with Crippen LogP contribution in [-0.4, -0.2) is 46.6 Å². The van der Waals surface area contributed by atoms with Gasteiger partial charge < -0.3 is 40.9 Å². The SMILES string of the molecule is CC.CC.CC.CC.CC.CC.CC.CC.CC.CC.CC.CC.CC.CC.O=C1c2ccccc2-c2ccccc21.Oc1ccc(C2(O)c3ccccc3-c3ccccc32)cc1.Oc1ccc(C2(O)c3ccccc3-c3ccccc32)cc1.Oc1ccc(C2(c3ccc(O)cc3)c3ccccc3-c3ccccc32)cc1.Oc1ccccc1.Oc1ccccc1.[H+].[H+]. The minimum Gasteiger partial charge on any atom is -0.508 e. The number of phenolic OH excluding ortho intramolecular Hbond substituents is 6. The summed E-state index contributed by atoms with van der Waals surface area (Å²) in [6.45, 7) is 56.0. The van der Waals surface area contributed by atoms with Gasteiger partial charge in [0.15, 0.2) is 5.78 Å². The molecule has 125 heavy (non-hydrogen) atoms. The van der Waals surface area contributed by atoms with Gasteiger partial charge in [-0.2, -0.15) is 0 Å². The average Bonchev–Trinajstić information content (AvgIpc) is 1.55. The van der Waals surface area contributed by atoms with Crippen LogP contribution in [0.5, 0.6) is 34.5 Å². The maximum absolute atomic E-state index is 11.9. The van der Waals surface area contributed by atoms with Crippen molar-refractivity contribution in [2.75, 3.05) is 0 Å². The van der Waals surface area contributed by atoms with Gasteiger partial charge in [-0.05, 0) is 151 Å². The predicted molar refractivity (Wildman–Crippen MR) is 544 cm³/mol. The molecule has 668 valence electrons. The summed E-state index contributed by atoms with van der Waals surface area (Å²) in [7, 11) is 0. The van der Waals surface area contributed by atoms with E-state index in [4.69, 9.17) is 10.2 Å². The highest BCUT2D eigenvalue weighted by atomic mass is 16.3. The lowest BCUT2D eigenvalue weighted by Crippen LogP contribution is -2.28. The third-order valence-corrected chi connectivity index (χ3v) is 18.1. The number of aliphatic hydroxyl groups is 2. The minimum atomic E-state index is -1.17. The minimum absolute atomic E-state index is 0. The summed E-state index contributed by atoms with van der Waals surface area (Å²) in [5.41, 5.74) is 17.3. The Morgan fingerprint density at radius 2 is 0.304 bits per heavy atom. The van der Waals surface area contributed by atoms with Crippen molar-refractivity contribution in [2.45, 2.75) is 210 Å². The second kappa shape index (κ2) is 65.2. The van der Waals surface area contributed by atoms with Crippen molar-refractivity contribution in [3.63, 3.8) is 0 Å². The van der Waals surface area contributed by atoms with Crippen molar-refractivity contribution in [3.05, 3.63) is 419 Å². The lowest BCUT2D eigenvalue weighted by molar-refractivity contribution is 0.104. The smallest absolute Gasteiger partial charge is 0.508 e. The fraction of sp³-hybridized carbons (Fsp3) is 0.267. The molecule has 0 amide bonds. The first kappa shape index (κ1) is 115. The fourth-order valence-electron chi connectivity index (χ4n) is 13.7. The summed E-state index contributed by atoms with van der Waals surface area (Å²) in [6, 6.07) is 110. The molecule has 0 saturated heterocycles. The van der Waals surface area contributed by atoms with Crippen molar-refractivity contribution in [1.29, 1.82) is 0 Å². The highest BCUT2D eigenvalue weighted by Crippen LogP contribution is 2.57. The van der Waals surface area contributed by atoms with Crippen LogP contribution in [0.1, 0.15) is 268 Å². The maximum atomic E-state index is 11.9. The molecule has 0 fully saturated rings. The van der Waals surface area contributed by atoms with Crippen LogP contribution in [0.4, 0.5) is 0 Å². The van der Waals surface area contributed by atoms with Gasteiger partial charge in [-0.15, -0.1) is 0 Å². The molecule has 0 aromatic heterocycles. The Balaban J connectivity index is -0.000000697. The largest absolute Gasteiger partial charge is 1.00 e. The zero-order chi connectivity index (χ0) is 95.1. The molecule has 0 aliphatic heterocycles. The molecule has 14 aromatic rings. The van der Waals surface area contributed by atoms with Crippen molar-refractivity contribution in [2.24, 2.45) is 0 Å². The summed E-state index contributed by atoms with van der Waals surface area (Å²) >= 11 is 0. The number of fused-ring (bicyclic) bond motifs is 12. The normalized spacial score (nSPS) is 10.9. The van der Waals surface area contributed by atoms with Crippen LogP contribution in [0.15, 0.2) is 352 Å². The Morgan fingerprint density at radius 1 is 0.160 bits per heavy atom. The molecular formula is C116H152O9+2. The number of para-hydroxylation sites is 2. The zero-order valence-electron chi connectivity index (χ0n) is 82.5. The van der Waals surface area contributed by atoms with E-state index in [1.165, 1.54) is 22.3 Å². The molecule has 9 nitrogen and oxygen atoms in total. The first-order chi connectivity index (χ1) is 61.3. The van der Waals surface area contributed by atoms with Crippen LogP contribution >= 0.6 is 0 Å². The predicted octanol–water partition coefficient (Wildman–Crippen LogP) is 33.0. The molecule has 0 saturated carbocycles. The monoisotopic (exact) mass is 1690 g/mol. The Hall–Kier alpha value is -12.5. The van der Waals surface area contributed by atoms with E-state index in [9.17, 15) is 35.4 Å². The van der Waals surface area contributed by atoms with E-state index in [-0.39, 0.29) is 31.6 Å². The molecule has 8 N–H and O–H groups in total. The average molecular weight is 1690 g/mol. The molecule has 14 aromatic carbocycles.